The summed E-state index contributed by atoms with van der Waals surface area (Å²) in [7, 11) is 3.96. The maximum atomic E-state index is 13.4. The lowest BCUT2D eigenvalue weighted by Crippen LogP contribution is -2.36. The molecule has 0 saturated heterocycles. The molecule has 0 spiro atoms. The zero-order chi connectivity index (χ0) is 23.8. The number of ether oxygens (including phenoxy) is 1. The third-order valence-corrected chi connectivity index (χ3v) is 5.90. The minimum absolute atomic E-state index is 0.0729. The van der Waals surface area contributed by atoms with Gasteiger partial charge in [0.1, 0.15) is 12.4 Å². The molecule has 2 N–H and O–H groups in total. The van der Waals surface area contributed by atoms with Gasteiger partial charge in [-0.3, -0.25) is 4.79 Å². The molecule has 33 heavy (non-hydrogen) atoms. The first-order valence-corrected chi connectivity index (χ1v) is 10.9. The molecule has 0 aliphatic carbocycles. The number of aliphatic carboxylic acids is 1. The van der Waals surface area contributed by atoms with Gasteiger partial charge in [-0.2, -0.15) is 0 Å². The molecule has 0 bridgehead atoms. The van der Waals surface area contributed by atoms with Gasteiger partial charge in [-0.05, 0) is 50.0 Å². The van der Waals surface area contributed by atoms with Crippen molar-refractivity contribution in [3.05, 3.63) is 71.6 Å². The standard InChI is InChI=1S/C26H29N3O4/c1-26(2)16-29(24(30)17-9-11-18(12-10-17)33-14-13-28(3)4)15-20(25(31)32)23-22(26)19-7-5-6-8-21(19)27-23/h5-12,15,27H,13-14,16H2,1-4H3,(H,31,32). The van der Waals surface area contributed by atoms with Gasteiger partial charge < -0.3 is 24.6 Å². The van der Waals surface area contributed by atoms with Crippen LogP contribution in [0, 0.1) is 0 Å². The van der Waals surface area contributed by atoms with Gasteiger partial charge in [0.05, 0.1) is 11.3 Å². The van der Waals surface area contributed by atoms with Crippen molar-refractivity contribution in [2.75, 3.05) is 33.8 Å². The second-order valence-corrected chi connectivity index (χ2v) is 9.26. The molecule has 7 nitrogen and oxygen atoms in total. The van der Waals surface area contributed by atoms with Crippen LogP contribution in [0.4, 0.5) is 0 Å². The Kier molecular flexibility index (Phi) is 5.99. The molecule has 4 rings (SSSR count). The average Bonchev–Trinajstić information content (AvgIpc) is 3.11. The van der Waals surface area contributed by atoms with Crippen molar-refractivity contribution in [3.63, 3.8) is 0 Å². The minimum atomic E-state index is -1.08. The van der Waals surface area contributed by atoms with Crippen LogP contribution in [0.2, 0.25) is 0 Å². The van der Waals surface area contributed by atoms with E-state index in [4.69, 9.17) is 4.74 Å². The number of amides is 1. The number of likely N-dealkylation sites (N-methyl/N-ethyl adjacent to an activating group) is 1. The third kappa shape index (κ3) is 4.50. The van der Waals surface area contributed by atoms with Crippen molar-refractivity contribution >= 4 is 28.4 Å². The SMILES string of the molecule is CN(C)CCOc1ccc(C(=O)N2C=C(C(=O)O)c3[nH]c4ccccc4c3C(C)(C)C2)cc1. The highest BCUT2D eigenvalue weighted by Gasteiger charge is 2.37. The number of nitrogens with zero attached hydrogens (tertiary/aromatic N) is 2. The van der Waals surface area contributed by atoms with Crippen LogP contribution < -0.4 is 4.74 Å². The Morgan fingerprint density at radius 3 is 2.48 bits per heavy atom. The number of carboxylic acid groups (broad SMARTS) is 1. The number of rotatable bonds is 6. The third-order valence-electron chi connectivity index (χ3n) is 5.90. The predicted molar refractivity (Wildman–Crippen MR) is 128 cm³/mol. The van der Waals surface area contributed by atoms with Crippen molar-refractivity contribution in [2.45, 2.75) is 19.3 Å². The van der Waals surface area contributed by atoms with E-state index in [1.807, 2.05) is 57.1 Å². The first-order valence-electron chi connectivity index (χ1n) is 10.9. The van der Waals surface area contributed by atoms with Gasteiger partial charge in [0.15, 0.2) is 0 Å². The van der Waals surface area contributed by atoms with E-state index in [-0.39, 0.29) is 11.5 Å². The van der Waals surface area contributed by atoms with Crippen LogP contribution in [0.5, 0.6) is 5.75 Å². The number of carboxylic acids is 1. The fourth-order valence-electron chi connectivity index (χ4n) is 4.32. The number of nitrogens with one attached hydrogen (secondary N) is 1. The maximum Gasteiger partial charge on any atom is 0.339 e. The van der Waals surface area contributed by atoms with Gasteiger partial charge in [0.2, 0.25) is 0 Å². The number of hydrogen-bond acceptors (Lipinski definition) is 4. The molecule has 172 valence electrons. The molecular weight excluding hydrogens is 418 g/mol. The van der Waals surface area contributed by atoms with Crippen molar-refractivity contribution < 1.29 is 19.4 Å². The molecule has 1 aliphatic heterocycles. The first kappa shape index (κ1) is 22.6. The van der Waals surface area contributed by atoms with Gasteiger partial charge in [-0.25, -0.2) is 4.79 Å². The number of aromatic amines is 1. The van der Waals surface area contributed by atoms with Crippen LogP contribution in [0.15, 0.2) is 54.7 Å². The van der Waals surface area contributed by atoms with Crippen molar-refractivity contribution in [3.8, 4) is 5.75 Å². The molecule has 3 aromatic rings. The van der Waals surface area contributed by atoms with E-state index < -0.39 is 11.4 Å². The van der Waals surface area contributed by atoms with Crippen molar-refractivity contribution in [2.24, 2.45) is 0 Å². The molecule has 0 fully saturated rings. The van der Waals surface area contributed by atoms with E-state index in [2.05, 4.69) is 4.98 Å². The van der Waals surface area contributed by atoms with Crippen LogP contribution in [0.3, 0.4) is 0 Å². The Hall–Kier alpha value is -3.58. The maximum absolute atomic E-state index is 13.4. The predicted octanol–water partition coefficient (Wildman–Crippen LogP) is 3.97. The molecule has 1 aliphatic rings. The molecule has 0 radical (unpaired) electrons. The molecule has 7 heteroatoms. The van der Waals surface area contributed by atoms with Crippen LogP contribution in [-0.4, -0.2) is 65.6 Å². The summed E-state index contributed by atoms with van der Waals surface area (Å²) < 4.78 is 5.71. The van der Waals surface area contributed by atoms with E-state index in [1.165, 1.54) is 11.1 Å². The molecule has 0 saturated carbocycles. The summed E-state index contributed by atoms with van der Waals surface area (Å²) in [6, 6.07) is 14.7. The summed E-state index contributed by atoms with van der Waals surface area (Å²) >= 11 is 0. The van der Waals surface area contributed by atoms with Crippen LogP contribution >= 0.6 is 0 Å². The molecule has 0 atom stereocenters. The molecule has 0 unspecified atom stereocenters. The second kappa shape index (κ2) is 8.75. The highest BCUT2D eigenvalue weighted by atomic mass is 16.5. The minimum Gasteiger partial charge on any atom is -0.492 e. The van der Waals surface area contributed by atoms with E-state index in [0.29, 0.717) is 30.2 Å². The van der Waals surface area contributed by atoms with Crippen molar-refractivity contribution in [1.29, 1.82) is 0 Å². The molecule has 2 aromatic carbocycles. The average molecular weight is 448 g/mol. The fraction of sp³-hybridized carbons (Fsp3) is 0.308. The van der Waals surface area contributed by atoms with Gasteiger partial charge in [-0.1, -0.05) is 32.0 Å². The Morgan fingerprint density at radius 1 is 1.12 bits per heavy atom. The number of hydrogen-bond donors (Lipinski definition) is 2. The van der Waals surface area contributed by atoms with Gasteiger partial charge in [0, 0.05) is 41.2 Å². The molecule has 1 aromatic heterocycles. The van der Waals surface area contributed by atoms with E-state index in [0.717, 1.165) is 23.0 Å². The summed E-state index contributed by atoms with van der Waals surface area (Å²) in [4.78, 5) is 32.4. The Bertz CT molecular complexity index is 1220. The molecule has 1 amide bonds. The lowest BCUT2D eigenvalue weighted by Gasteiger charge is -2.29. The summed E-state index contributed by atoms with van der Waals surface area (Å²) in [5, 5.41) is 11.0. The van der Waals surface area contributed by atoms with Gasteiger partial charge in [-0.15, -0.1) is 0 Å². The van der Waals surface area contributed by atoms with E-state index in [1.54, 1.807) is 24.3 Å². The number of H-pyrrole nitrogens is 1. The Balaban J connectivity index is 1.66. The fourth-order valence-corrected chi connectivity index (χ4v) is 4.32. The second-order valence-electron chi connectivity index (χ2n) is 9.26. The Labute approximate surface area is 193 Å². The monoisotopic (exact) mass is 447 g/mol. The van der Waals surface area contributed by atoms with Crippen molar-refractivity contribution in [1.82, 2.24) is 14.8 Å². The Morgan fingerprint density at radius 2 is 1.82 bits per heavy atom. The summed E-state index contributed by atoms with van der Waals surface area (Å²) in [6.45, 7) is 5.76. The first-order chi connectivity index (χ1) is 15.7. The van der Waals surface area contributed by atoms with Gasteiger partial charge in [0.25, 0.3) is 5.91 Å². The van der Waals surface area contributed by atoms with Crippen LogP contribution in [0.1, 0.15) is 35.5 Å². The summed E-state index contributed by atoms with van der Waals surface area (Å²) in [5.74, 6) is -0.646. The summed E-state index contributed by atoms with van der Waals surface area (Å²) in [5.41, 5.74) is 2.41. The number of carbonyl (C=O) groups is 2. The highest BCUT2D eigenvalue weighted by Crippen LogP contribution is 2.40. The highest BCUT2D eigenvalue weighted by molar-refractivity contribution is 6.17. The smallest absolute Gasteiger partial charge is 0.339 e. The van der Waals surface area contributed by atoms with Gasteiger partial charge >= 0.3 is 5.97 Å². The normalized spacial score (nSPS) is 15.2. The molecule has 2 heterocycles. The topological polar surface area (TPSA) is 85.9 Å². The number of para-hydroxylation sites is 1. The number of carbonyl (C=O) groups excluding carboxylic acids is 1. The van der Waals surface area contributed by atoms with Crippen LogP contribution in [-0.2, 0) is 10.2 Å². The van der Waals surface area contributed by atoms with Crippen LogP contribution in [0.25, 0.3) is 16.5 Å². The summed E-state index contributed by atoms with van der Waals surface area (Å²) in [6.07, 6.45) is 1.45. The lowest BCUT2D eigenvalue weighted by atomic mass is 9.81. The molecular formula is C26H29N3O4. The largest absolute Gasteiger partial charge is 0.492 e. The lowest BCUT2D eigenvalue weighted by molar-refractivity contribution is -0.130. The number of fused-ring (bicyclic) bond motifs is 3. The zero-order valence-corrected chi connectivity index (χ0v) is 19.4. The quantitative estimate of drug-likeness (QED) is 0.597. The number of benzene rings is 2. The van der Waals surface area contributed by atoms with E-state index in [9.17, 15) is 14.7 Å². The number of aromatic nitrogens is 1. The van der Waals surface area contributed by atoms with E-state index >= 15 is 0 Å². The zero-order valence-electron chi connectivity index (χ0n) is 19.4.